The molecule has 1 N–H and O–H groups in total. The quantitative estimate of drug-likeness (QED) is 0.868. The van der Waals surface area contributed by atoms with Crippen molar-refractivity contribution in [1.29, 1.82) is 0 Å². The minimum absolute atomic E-state index is 0.107. The number of rotatable bonds is 4. The number of sulfonamides is 1. The number of nitrogens with one attached hydrogen (secondary N) is 1. The van der Waals surface area contributed by atoms with Crippen LogP contribution in [0.25, 0.3) is 0 Å². The molecule has 0 amide bonds. The second-order valence-corrected chi connectivity index (χ2v) is 7.60. The van der Waals surface area contributed by atoms with E-state index in [1.54, 1.807) is 14.0 Å². The molecule has 1 aliphatic carbocycles. The van der Waals surface area contributed by atoms with Gasteiger partial charge in [0.25, 0.3) is 0 Å². The van der Waals surface area contributed by atoms with Crippen molar-refractivity contribution in [2.45, 2.75) is 50.3 Å². The fourth-order valence-corrected chi connectivity index (χ4v) is 4.65. The molecule has 1 aliphatic rings. The van der Waals surface area contributed by atoms with Gasteiger partial charge in [-0.05, 0) is 25.7 Å². The van der Waals surface area contributed by atoms with E-state index in [0.29, 0.717) is 18.2 Å². The van der Waals surface area contributed by atoms with Gasteiger partial charge in [0, 0.05) is 13.6 Å². The lowest BCUT2D eigenvalue weighted by atomic mass is 10.0. The molecular formula is C13H22ClN3O2S. The Morgan fingerprint density at radius 3 is 2.40 bits per heavy atom. The van der Waals surface area contributed by atoms with Gasteiger partial charge in [-0.15, -0.1) is 0 Å². The van der Waals surface area contributed by atoms with E-state index in [4.69, 9.17) is 11.6 Å². The second-order valence-electron chi connectivity index (χ2n) is 5.54. The zero-order valence-corrected chi connectivity index (χ0v) is 13.6. The lowest BCUT2D eigenvalue weighted by molar-refractivity contribution is 0.451. The molecule has 2 rings (SSSR count). The van der Waals surface area contributed by atoms with Crippen molar-refractivity contribution in [2.75, 3.05) is 6.54 Å². The molecule has 7 heteroatoms. The van der Waals surface area contributed by atoms with Crippen LogP contribution in [0.15, 0.2) is 4.90 Å². The van der Waals surface area contributed by atoms with E-state index in [1.807, 2.05) is 0 Å². The molecule has 1 saturated carbocycles. The van der Waals surface area contributed by atoms with E-state index in [-0.39, 0.29) is 10.0 Å². The van der Waals surface area contributed by atoms with Crippen molar-refractivity contribution >= 4 is 21.6 Å². The Kier molecular flexibility index (Phi) is 5.09. The Morgan fingerprint density at radius 2 is 1.90 bits per heavy atom. The van der Waals surface area contributed by atoms with Crippen LogP contribution < -0.4 is 4.72 Å². The van der Waals surface area contributed by atoms with Gasteiger partial charge in [-0.2, -0.15) is 5.10 Å². The molecule has 0 aliphatic heterocycles. The largest absolute Gasteiger partial charge is 0.255 e. The van der Waals surface area contributed by atoms with E-state index >= 15 is 0 Å². The number of nitrogens with zero attached hydrogens (tertiary/aromatic N) is 2. The van der Waals surface area contributed by atoms with Gasteiger partial charge in [0.15, 0.2) is 0 Å². The maximum Gasteiger partial charge on any atom is 0.245 e. The van der Waals surface area contributed by atoms with Crippen molar-refractivity contribution in [2.24, 2.45) is 13.0 Å². The number of aryl methyl sites for hydroxylation is 2. The fourth-order valence-electron chi connectivity index (χ4n) is 2.78. The zero-order chi connectivity index (χ0) is 14.8. The molecule has 0 aromatic carbocycles. The Balaban J connectivity index is 2.07. The lowest BCUT2D eigenvalue weighted by Gasteiger charge is -2.14. The smallest absolute Gasteiger partial charge is 0.245 e. The summed E-state index contributed by atoms with van der Waals surface area (Å²) < 4.78 is 28.8. The zero-order valence-electron chi connectivity index (χ0n) is 12.0. The van der Waals surface area contributed by atoms with Gasteiger partial charge < -0.3 is 0 Å². The Labute approximate surface area is 125 Å². The second kappa shape index (κ2) is 6.45. The summed E-state index contributed by atoms with van der Waals surface area (Å²) in [5.74, 6) is 0.433. The highest BCUT2D eigenvalue weighted by Gasteiger charge is 2.26. The average Bonchev–Trinajstić information content (AvgIpc) is 2.60. The number of hydrogen-bond donors (Lipinski definition) is 1. The summed E-state index contributed by atoms with van der Waals surface area (Å²) in [5.41, 5.74) is 0.436. The molecule has 0 radical (unpaired) electrons. The van der Waals surface area contributed by atoms with E-state index < -0.39 is 10.0 Å². The predicted octanol–water partition coefficient (Wildman–Crippen LogP) is 2.63. The standard InChI is InChI=1S/C13H22ClN3O2S/c1-10-12(13(14)17(2)16-10)20(18,19)15-9-11-7-5-3-4-6-8-11/h11,15H,3-9H2,1-2H3. The summed E-state index contributed by atoms with van der Waals surface area (Å²) in [6.07, 6.45) is 7.11. The van der Waals surface area contributed by atoms with Gasteiger partial charge in [-0.25, -0.2) is 13.1 Å². The van der Waals surface area contributed by atoms with Crippen molar-refractivity contribution in [3.8, 4) is 0 Å². The molecule has 5 nitrogen and oxygen atoms in total. The first-order valence-corrected chi connectivity index (χ1v) is 8.96. The third kappa shape index (κ3) is 3.54. The molecule has 0 atom stereocenters. The highest BCUT2D eigenvalue weighted by Crippen LogP contribution is 2.25. The van der Waals surface area contributed by atoms with Crippen LogP contribution in [0.3, 0.4) is 0 Å². The van der Waals surface area contributed by atoms with Gasteiger partial charge in [-0.1, -0.05) is 37.3 Å². The fraction of sp³-hybridized carbons (Fsp3) is 0.769. The molecule has 1 aromatic heterocycles. The molecule has 20 heavy (non-hydrogen) atoms. The van der Waals surface area contributed by atoms with Crippen LogP contribution in [-0.4, -0.2) is 24.7 Å². The van der Waals surface area contributed by atoms with Crippen molar-refractivity contribution in [1.82, 2.24) is 14.5 Å². The van der Waals surface area contributed by atoms with Crippen molar-refractivity contribution in [3.63, 3.8) is 0 Å². The third-order valence-corrected chi connectivity index (χ3v) is 6.02. The van der Waals surface area contributed by atoms with Crippen LogP contribution in [0.2, 0.25) is 5.15 Å². The van der Waals surface area contributed by atoms with E-state index in [9.17, 15) is 8.42 Å². The predicted molar refractivity (Wildman–Crippen MR) is 79.3 cm³/mol. The third-order valence-electron chi connectivity index (χ3n) is 3.91. The molecule has 0 spiro atoms. The van der Waals surface area contributed by atoms with Crippen LogP contribution in [0.5, 0.6) is 0 Å². The average molecular weight is 320 g/mol. The summed E-state index contributed by atoms with van der Waals surface area (Å²) in [6.45, 7) is 2.15. The highest BCUT2D eigenvalue weighted by molar-refractivity contribution is 7.89. The lowest BCUT2D eigenvalue weighted by Crippen LogP contribution is -2.29. The first kappa shape index (κ1) is 15.8. The summed E-state index contributed by atoms with van der Waals surface area (Å²) in [4.78, 5) is 0.107. The van der Waals surface area contributed by atoms with Crippen LogP contribution in [0.4, 0.5) is 0 Å². The summed E-state index contributed by atoms with van der Waals surface area (Å²) in [7, 11) is -1.94. The van der Waals surface area contributed by atoms with Gasteiger partial charge in [0.05, 0.1) is 5.69 Å². The maximum atomic E-state index is 12.4. The van der Waals surface area contributed by atoms with Crippen molar-refractivity contribution < 1.29 is 8.42 Å². The van der Waals surface area contributed by atoms with Gasteiger partial charge in [-0.3, -0.25) is 4.68 Å². The SMILES string of the molecule is Cc1nn(C)c(Cl)c1S(=O)(=O)NCC1CCCCCC1. The van der Waals surface area contributed by atoms with Crippen LogP contribution in [-0.2, 0) is 17.1 Å². The molecule has 1 fully saturated rings. The minimum atomic E-state index is -3.58. The molecule has 114 valence electrons. The number of halogens is 1. The summed E-state index contributed by atoms with van der Waals surface area (Å²) in [5, 5.41) is 4.22. The highest BCUT2D eigenvalue weighted by atomic mass is 35.5. The maximum absolute atomic E-state index is 12.4. The minimum Gasteiger partial charge on any atom is -0.255 e. The number of hydrogen-bond acceptors (Lipinski definition) is 3. The molecule has 0 unspecified atom stereocenters. The molecule has 0 bridgehead atoms. The Morgan fingerprint density at radius 1 is 1.30 bits per heavy atom. The molecule has 1 heterocycles. The topological polar surface area (TPSA) is 64.0 Å². The first-order valence-electron chi connectivity index (χ1n) is 7.10. The molecule has 0 saturated heterocycles. The summed E-state index contributed by atoms with van der Waals surface area (Å²) in [6, 6.07) is 0. The summed E-state index contributed by atoms with van der Waals surface area (Å²) >= 11 is 6.03. The van der Waals surface area contributed by atoms with Crippen LogP contribution in [0, 0.1) is 12.8 Å². The monoisotopic (exact) mass is 319 g/mol. The molecular weight excluding hydrogens is 298 g/mol. The molecule has 1 aromatic rings. The van der Waals surface area contributed by atoms with Gasteiger partial charge >= 0.3 is 0 Å². The normalized spacial score (nSPS) is 18.1. The van der Waals surface area contributed by atoms with Crippen LogP contribution in [0.1, 0.15) is 44.2 Å². The van der Waals surface area contributed by atoms with E-state index in [1.165, 1.54) is 30.4 Å². The number of aromatic nitrogens is 2. The van der Waals surface area contributed by atoms with Crippen molar-refractivity contribution in [3.05, 3.63) is 10.8 Å². The van der Waals surface area contributed by atoms with E-state index in [2.05, 4.69) is 9.82 Å². The first-order chi connectivity index (χ1) is 9.42. The van der Waals surface area contributed by atoms with Gasteiger partial charge in [0.1, 0.15) is 10.0 Å². The van der Waals surface area contributed by atoms with Gasteiger partial charge in [0.2, 0.25) is 10.0 Å². The van der Waals surface area contributed by atoms with E-state index in [0.717, 1.165) is 12.8 Å². The Bertz CT molecular complexity index is 560. The Hall–Kier alpha value is -0.590. The van der Waals surface area contributed by atoms with Crippen LogP contribution >= 0.6 is 11.6 Å².